The lowest BCUT2D eigenvalue weighted by Crippen LogP contribution is -2.04. The van der Waals surface area contributed by atoms with Gasteiger partial charge in [-0.15, -0.1) is 5.10 Å². The normalized spacial score (nSPS) is 10.4. The van der Waals surface area contributed by atoms with Crippen LogP contribution in [0.15, 0.2) is 6.20 Å². The van der Waals surface area contributed by atoms with Gasteiger partial charge in [-0.25, -0.2) is 0 Å². The summed E-state index contributed by atoms with van der Waals surface area (Å²) in [4.78, 5) is 20.5. The molecule has 8 heteroatoms. The van der Waals surface area contributed by atoms with Crippen molar-refractivity contribution in [3.8, 4) is 0 Å². The van der Waals surface area contributed by atoms with E-state index >= 15 is 0 Å². The molecule has 1 rings (SSSR count). The monoisotopic (exact) mass is 270 g/mol. The second-order valence-electron chi connectivity index (χ2n) is 4.28. The van der Waals surface area contributed by atoms with Gasteiger partial charge in [0, 0.05) is 20.0 Å². The molecule has 0 spiro atoms. The molecule has 0 aliphatic rings. The third kappa shape index (κ3) is 5.36. The van der Waals surface area contributed by atoms with E-state index in [9.17, 15) is 14.9 Å². The first kappa shape index (κ1) is 14.9. The van der Waals surface area contributed by atoms with Crippen LogP contribution < -0.4 is 5.32 Å². The molecule has 0 saturated heterocycles. The highest BCUT2D eigenvalue weighted by Gasteiger charge is 2.17. The van der Waals surface area contributed by atoms with Crippen LogP contribution in [-0.4, -0.2) is 32.3 Å². The van der Waals surface area contributed by atoms with Crippen molar-refractivity contribution in [2.75, 3.05) is 11.9 Å². The lowest BCUT2D eigenvalue weighted by molar-refractivity contribution is -0.384. The Kier molecular flexibility index (Phi) is 5.77. The lowest BCUT2D eigenvalue weighted by atomic mass is 10.1. The molecule has 19 heavy (non-hydrogen) atoms. The average Bonchev–Trinajstić information content (AvgIpc) is 2.69. The van der Waals surface area contributed by atoms with Gasteiger partial charge in [0.25, 0.3) is 0 Å². The van der Waals surface area contributed by atoms with Crippen molar-refractivity contribution in [1.82, 2.24) is 9.78 Å². The third-order valence-corrected chi connectivity index (χ3v) is 2.62. The number of hydrogen-bond donors (Lipinski definition) is 2. The van der Waals surface area contributed by atoms with E-state index in [0.717, 1.165) is 19.3 Å². The minimum absolute atomic E-state index is 0.0339. The van der Waals surface area contributed by atoms with Crippen molar-refractivity contribution in [3.05, 3.63) is 16.3 Å². The molecule has 8 nitrogen and oxygen atoms in total. The van der Waals surface area contributed by atoms with Crippen molar-refractivity contribution in [2.24, 2.45) is 7.05 Å². The Labute approximate surface area is 110 Å². The van der Waals surface area contributed by atoms with Gasteiger partial charge in [-0.05, 0) is 12.8 Å². The van der Waals surface area contributed by atoms with Gasteiger partial charge in [0.15, 0.2) is 0 Å². The predicted octanol–water partition coefficient (Wildman–Crippen LogP) is 1.78. The zero-order valence-corrected chi connectivity index (χ0v) is 10.8. The smallest absolute Gasteiger partial charge is 0.330 e. The van der Waals surface area contributed by atoms with Crippen molar-refractivity contribution in [2.45, 2.75) is 32.1 Å². The Balaban J connectivity index is 2.22. The number of carboxylic acid groups (broad SMARTS) is 1. The molecule has 0 unspecified atom stereocenters. The maximum Gasteiger partial charge on any atom is 0.330 e. The highest BCUT2D eigenvalue weighted by Crippen LogP contribution is 2.21. The van der Waals surface area contributed by atoms with Gasteiger partial charge in [-0.3, -0.25) is 19.6 Å². The number of hydrogen-bond acceptors (Lipinski definition) is 5. The van der Waals surface area contributed by atoms with Crippen LogP contribution in [0.1, 0.15) is 32.1 Å². The van der Waals surface area contributed by atoms with Crippen molar-refractivity contribution in [3.63, 3.8) is 0 Å². The summed E-state index contributed by atoms with van der Waals surface area (Å²) in [5, 5.41) is 26.1. The molecule has 0 saturated carbocycles. The molecular weight excluding hydrogens is 252 g/mol. The highest BCUT2D eigenvalue weighted by molar-refractivity contribution is 5.66. The lowest BCUT2D eigenvalue weighted by Gasteiger charge is -2.02. The molecule has 2 N–H and O–H groups in total. The van der Waals surface area contributed by atoms with E-state index in [4.69, 9.17) is 5.11 Å². The molecule has 1 aromatic rings. The molecule has 1 heterocycles. The van der Waals surface area contributed by atoms with Gasteiger partial charge in [-0.2, -0.15) is 0 Å². The summed E-state index contributed by atoms with van der Waals surface area (Å²) in [7, 11) is 1.63. The topological polar surface area (TPSA) is 110 Å². The number of aliphatic carboxylic acids is 1. The van der Waals surface area contributed by atoms with E-state index in [-0.39, 0.29) is 17.9 Å². The first-order valence-corrected chi connectivity index (χ1v) is 6.14. The van der Waals surface area contributed by atoms with Crippen LogP contribution in [0.3, 0.4) is 0 Å². The quantitative estimate of drug-likeness (QED) is 0.402. The van der Waals surface area contributed by atoms with Crippen LogP contribution in [0.5, 0.6) is 0 Å². The molecule has 0 fully saturated rings. The maximum atomic E-state index is 10.7. The average molecular weight is 270 g/mol. The molecule has 0 radical (unpaired) electrons. The summed E-state index contributed by atoms with van der Waals surface area (Å²) >= 11 is 0. The molecular formula is C11H18N4O4. The molecule has 0 amide bonds. The van der Waals surface area contributed by atoms with Crippen molar-refractivity contribution >= 4 is 17.5 Å². The Hall–Kier alpha value is -2.12. The first-order valence-electron chi connectivity index (χ1n) is 6.14. The van der Waals surface area contributed by atoms with E-state index < -0.39 is 10.9 Å². The Morgan fingerprint density at radius 2 is 2.16 bits per heavy atom. The number of anilines is 1. The summed E-state index contributed by atoms with van der Waals surface area (Å²) in [6.07, 6.45) is 4.78. The molecule has 0 aromatic carbocycles. The zero-order valence-electron chi connectivity index (χ0n) is 10.8. The predicted molar refractivity (Wildman–Crippen MR) is 69.1 cm³/mol. The van der Waals surface area contributed by atoms with Crippen LogP contribution in [-0.2, 0) is 11.8 Å². The summed E-state index contributed by atoms with van der Waals surface area (Å²) in [5.74, 6) is -0.500. The van der Waals surface area contributed by atoms with Gasteiger partial charge in [0.2, 0.25) is 5.82 Å². The number of unbranched alkanes of at least 4 members (excludes halogenated alkanes) is 3. The largest absolute Gasteiger partial charge is 0.481 e. The SMILES string of the molecule is Cn1cc([N+](=O)[O-])c(NCCCCCCC(=O)O)n1. The summed E-state index contributed by atoms with van der Waals surface area (Å²) < 4.78 is 1.40. The van der Waals surface area contributed by atoms with E-state index in [1.807, 2.05) is 0 Å². The van der Waals surface area contributed by atoms with Gasteiger partial charge >= 0.3 is 11.7 Å². The van der Waals surface area contributed by atoms with E-state index in [2.05, 4.69) is 10.4 Å². The maximum absolute atomic E-state index is 10.7. The molecule has 0 aliphatic heterocycles. The highest BCUT2D eigenvalue weighted by atomic mass is 16.6. The number of rotatable bonds is 9. The Bertz CT molecular complexity index is 444. The number of nitrogens with one attached hydrogen (secondary N) is 1. The number of nitrogens with zero attached hydrogens (tertiary/aromatic N) is 3. The molecule has 0 atom stereocenters. The summed E-state index contributed by atoms with van der Waals surface area (Å²) in [6, 6.07) is 0. The van der Waals surface area contributed by atoms with Gasteiger partial charge < -0.3 is 10.4 Å². The first-order chi connectivity index (χ1) is 9.00. The fourth-order valence-corrected chi connectivity index (χ4v) is 1.70. The number of nitro groups is 1. The minimum Gasteiger partial charge on any atom is -0.481 e. The number of aryl methyl sites for hydroxylation is 1. The number of carbonyl (C=O) groups is 1. The number of aromatic nitrogens is 2. The van der Waals surface area contributed by atoms with Crippen LogP contribution in [0.2, 0.25) is 0 Å². The van der Waals surface area contributed by atoms with Gasteiger partial charge in [0.1, 0.15) is 6.20 Å². The molecule has 0 aliphatic carbocycles. The van der Waals surface area contributed by atoms with Crippen LogP contribution in [0, 0.1) is 10.1 Å². The number of carboxylic acids is 1. The minimum atomic E-state index is -0.776. The fourth-order valence-electron chi connectivity index (χ4n) is 1.70. The fraction of sp³-hybridized carbons (Fsp3) is 0.636. The van der Waals surface area contributed by atoms with Crippen molar-refractivity contribution < 1.29 is 14.8 Å². The van der Waals surface area contributed by atoms with Crippen molar-refractivity contribution in [1.29, 1.82) is 0 Å². The second-order valence-corrected chi connectivity index (χ2v) is 4.28. The summed E-state index contributed by atoms with van der Waals surface area (Å²) in [6.45, 7) is 0.588. The zero-order chi connectivity index (χ0) is 14.3. The van der Waals surface area contributed by atoms with Crippen LogP contribution in [0.25, 0.3) is 0 Å². The summed E-state index contributed by atoms with van der Waals surface area (Å²) in [5.41, 5.74) is -0.0339. The second kappa shape index (κ2) is 7.34. The Morgan fingerprint density at radius 1 is 1.47 bits per heavy atom. The van der Waals surface area contributed by atoms with Crippen LogP contribution in [0.4, 0.5) is 11.5 Å². The third-order valence-electron chi connectivity index (χ3n) is 2.62. The molecule has 106 valence electrons. The van der Waals surface area contributed by atoms with Crippen LogP contribution >= 0.6 is 0 Å². The van der Waals surface area contributed by atoms with E-state index in [1.54, 1.807) is 7.05 Å². The van der Waals surface area contributed by atoms with E-state index in [0.29, 0.717) is 13.0 Å². The van der Waals surface area contributed by atoms with Gasteiger partial charge in [-0.1, -0.05) is 12.8 Å². The van der Waals surface area contributed by atoms with E-state index in [1.165, 1.54) is 10.9 Å². The molecule has 1 aromatic heterocycles. The Morgan fingerprint density at radius 3 is 2.79 bits per heavy atom. The molecule has 0 bridgehead atoms. The standard InChI is InChI=1S/C11H18N4O4/c1-14-8-9(15(18)19)11(13-14)12-7-5-3-2-4-6-10(16)17/h8H,2-7H2,1H3,(H,12,13)(H,16,17). The van der Waals surface area contributed by atoms with Gasteiger partial charge in [0.05, 0.1) is 4.92 Å².